The highest BCUT2D eigenvalue weighted by atomic mass is 32.2. The third-order valence-electron chi connectivity index (χ3n) is 4.12. The average Bonchev–Trinajstić information content (AvgIpc) is 2.89. The Labute approximate surface area is 142 Å². The Balaban J connectivity index is 1.85. The van der Waals surface area contributed by atoms with Crippen LogP contribution in [0.3, 0.4) is 0 Å². The molecule has 3 rings (SSSR count). The summed E-state index contributed by atoms with van der Waals surface area (Å²) in [7, 11) is -1.44. The molecule has 5 nitrogen and oxygen atoms in total. The van der Waals surface area contributed by atoms with E-state index in [1.807, 2.05) is 48.5 Å². The summed E-state index contributed by atoms with van der Waals surface area (Å²) in [6, 6.07) is 14.8. The van der Waals surface area contributed by atoms with Crippen molar-refractivity contribution in [2.24, 2.45) is 5.73 Å². The number of primary amides is 1. The zero-order valence-corrected chi connectivity index (χ0v) is 14.0. The van der Waals surface area contributed by atoms with Crippen LogP contribution in [-0.4, -0.2) is 27.8 Å². The molecule has 24 heavy (non-hydrogen) atoms. The van der Waals surface area contributed by atoms with Crippen LogP contribution < -0.4 is 11.1 Å². The van der Waals surface area contributed by atoms with E-state index >= 15 is 0 Å². The third kappa shape index (κ3) is 2.97. The number of hydrogen-bond donors (Lipinski definition) is 2. The first-order valence-corrected chi connectivity index (χ1v) is 9.01. The Kier molecular flexibility index (Phi) is 4.49. The van der Waals surface area contributed by atoms with E-state index in [1.54, 1.807) is 0 Å². The molecule has 0 saturated heterocycles. The van der Waals surface area contributed by atoms with Crippen molar-refractivity contribution >= 4 is 22.6 Å². The Bertz CT molecular complexity index is 789. The van der Waals surface area contributed by atoms with Gasteiger partial charge in [-0.1, -0.05) is 48.5 Å². The molecule has 0 radical (unpaired) electrons. The van der Waals surface area contributed by atoms with Crippen molar-refractivity contribution < 1.29 is 13.8 Å². The molecule has 0 fully saturated rings. The predicted molar refractivity (Wildman–Crippen MR) is 93.5 cm³/mol. The Hall–Kier alpha value is -2.47. The molecule has 0 spiro atoms. The molecule has 6 heteroatoms. The van der Waals surface area contributed by atoms with Gasteiger partial charge in [0.25, 0.3) is 0 Å². The number of carbonyl (C=O) groups is 2. The van der Waals surface area contributed by atoms with Crippen LogP contribution in [0.4, 0.5) is 0 Å². The summed E-state index contributed by atoms with van der Waals surface area (Å²) in [6.07, 6.45) is 0. The maximum absolute atomic E-state index is 12.9. The fraction of sp³-hybridized carbons (Fsp3) is 0.222. The molecule has 1 aliphatic rings. The second kappa shape index (κ2) is 6.57. The quantitative estimate of drug-likeness (QED) is 0.863. The average molecular weight is 342 g/mol. The van der Waals surface area contributed by atoms with Crippen molar-refractivity contribution in [3.05, 3.63) is 59.7 Å². The summed E-state index contributed by atoms with van der Waals surface area (Å²) in [5.41, 5.74) is 9.17. The topological polar surface area (TPSA) is 89.3 Å². The minimum atomic E-state index is -1.44. The fourth-order valence-electron chi connectivity index (χ4n) is 2.96. The van der Waals surface area contributed by atoms with E-state index in [1.165, 1.54) is 6.92 Å². The van der Waals surface area contributed by atoms with Crippen LogP contribution in [0.2, 0.25) is 0 Å². The van der Waals surface area contributed by atoms with E-state index in [0.717, 1.165) is 22.3 Å². The van der Waals surface area contributed by atoms with Gasteiger partial charge in [0.15, 0.2) is 0 Å². The number of amides is 2. The summed E-state index contributed by atoms with van der Waals surface area (Å²) >= 11 is 0. The summed E-state index contributed by atoms with van der Waals surface area (Å²) in [4.78, 5) is 23.1. The molecule has 124 valence electrons. The van der Waals surface area contributed by atoms with Gasteiger partial charge in [0.2, 0.25) is 11.8 Å². The lowest BCUT2D eigenvalue weighted by atomic mass is 10.1. The van der Waals surface area contributed by atoms with E-state index in [-0.39, 0.29) is 11.0 Å². The van der Waals surface area contributed by atoms with Gasteiger partial charge in [0.05, 0.1) is 5.25 Å². The van der Waals surface area contributed by atoms with E-state index in [9.17, 15) is 13.8 Å². The molecule has 2 amide bonds. The van der Waals surface area contributed by atoms with Crippen molar-refractivity contribution in [3.63, 3.8) is 0 Å². The highest BCUT2D eigenvalue weighted by molar-refractivity contribution is 7.86. The number of nitrogens with one attached hydrogen (secondary N) is 1. The van der Waals surface area contributed by atoms with Crippen LogP contribution >= 0.6 is 0 Å². The molecule has 0 aliphatic heterocycles. The van der Waals surface area contributed by atoms with Gasteiger partial charge in [-0.05, 0) is 29.2 Å². The highest BCUT2D eigenvalue weighted by Crippen LogP contribution is 2.46. The molecule has 3 N–H and O–H groups in total. The summed E-state index contributed by atoms with van der Waals surface area (Å²) in [6.45, 7) is 1.50. The normalized spacial score (nSPS) is 15.2. The lowest BCUT2D eigenvalue weighted by Gasteiger charge is -2.15. The molecular formula is C18H18N2O3S. The van der Waals surface area contributed by atoms with Gasteiger partial charge in [0.1, 0.15) is 11.8 Å². The first-order valence-electron chi connectivity index (χ1n) is 7.63. The maximum Gasteiger partial charge on any atom is 0.239 e. The van der Waals surface area contributed by atoms with Crippen LogP contribution in [-0.2, 0) is 20.4 Å². The van der Waals surface area contributed by atoms with Gasteiger partial charge < -0.3 is 11.1 Å². The standard InChI is InChI=1S/C18H18N2O3S/c1-11(18(19)22)20-16(21)10-24(23)17-14-8-4-2-6-12(14)13-7-3-5-9-15(13)17/h2-9,11,17H,10H2,1H3,(H2,19,22)(H,20,21)/t11-,24?/m0/s1. The van der Waals surface area contributed by atoms with Crippen molar-refractivity contribution in [1.29, 1.82) is 0 Å². The zero-order chi connectivity index (χ0) is 17.3. The van der Waals surface area contributed by atoms with Gasteiger partial charge in [-0.3, -0.25) is 13.8 Å². The van der Waals surface area contributed by atoms with Gasteiger partial charge in [-0.2, -0.15) is 0 Å². The second-order valence-electron chi connectivity index (χ2n) is 5.77. The van der Waals surface area contributed by atoms with E-state index < -0.39 is 28.7 Å². The third-order valence-corrected chi connectivity index (χ3v) is 5.70. The van der Waals surface area contributed by atoms with Crippen molar-refractivity contribution in [1.82, 2.24) is 5.32 Å². The molecule has 1 unspecified atom stereocenters. The van der Waals surface area contributed by atoms with E-state index in [0.29, 0.717) is 0 Å². The first kappa shape index (κ1) is 16.4. The summed E-state index contributed by atoms with van der Waals surface area (Å²) < 4.78 is 12.9. The van der Waals surface area contributed by atoms with Gasteiger partial charge in [-0.15, -0.1) is 0 Å². The first-order chi connectivity index (χ1) is 11.5. The van der Waals surface area contributed by atoms with Crippen LogP contribution in [0, 0.1) is 0 Å². The SMILES string of the molecule is C[C@H](NC(=O)CS(=O)C1c2ccccc2-c2ccccc21)C(N)=O. The number of benzene rings is 2. The smallest absolute Gasteiger partial charge is 0.239 e. The highest BCUT2D eigenvalue weighted by Gasteiger charge is 2.33. The second-order valence-corrected chi connectivity index (χ2v) is 7.29. The van der Waals surface area contributed by atoms with Crippen LogP contribution in [0.25, 0.3) is 11.1 Å². The van der Waals surface area contributed by atoms with E-state index in [2.05, 4.69) is 5.32 Å². The summed E-state index contributed by atoms with van der Waals surface area (Å²) in [5, 5.41) is 2.13. The predicted octanol–water partition coefficient (Wildman–Crippen LogP) is 1.50. The maximum atomic E-state index is 12.9. The largest absolute Gasteiger partial charge is 0.368 e. The molecule has 1 aliphatic carbocycles. The number of nitrogens with two attached hydrogens (primary N) is 1. The van der Waals surface area contributed by atoms with Crippen LogP contribution in [0.1, 0.15) is 23.3 Å². The Morgan fingerprint density at radius 1 is 1.08 bits per heavy atom. The number of fused-ring (bicyclic) bond motifs is 3. The van der Waals surface area contributed by atoms with Crippen molar-refractivity contribution in [2.75, 3.05) is 5.75 Å². The minimum Gasteiger partial charge on any atom is -0.368 e. The molecule has 2 aromatic rings. The molecule has 0 heterocycles. The van der Waals surface area contributed by atoms with E-state index in [4.69, 9.17) is 5.73 Å². The van der Waals surface area contributed by atoms with Gasteiger partial charge >= 0.3 is 0 Å². The number of hydrogen-bond acceptors (Lipinski definition) is 3. The lowest BCUT2D eigenvalue weighted by Crippen LogP contribution is -2.44. The lowest BCUT2D eigenvalue weighted by molar-refractivity contribution is -0.125. The monoisotopic (exact) mass is 342 g/mol. The summed E-state index contributed by atoms with van der Waals surface area (Å²) in [5.74, 6) is -1.24. The van der Waals surface area contributed by atoms with Crippen LogP contribution in [0.5, 0.6) is 0 Å². The minimum absolute atomic E-state index is 0.176. The molecule has 2 aromatic carbocycles. The fourth-order valence-corrected chi connectivity index (χ4v) is 4.45. The molecule has 2 atom stereocenters. The number of carbonyl (C=O) groups excluding carboxylic acids is 2. The molecule has 0 aromatic heterocycles. The van der Waals surface area contributed by atoms with Crippen molar-refractivity contribution in [3.8, 4) is 11.1 Å². The van der Waals surface area contributed by atoms with Gasteiger partial charge in [-0.25, -0.2) is 0 Å². The number of rotatable bonds is 5. The molecule has 0 saturated carbocycles. The van der Waals surface area contributed by atoms with Crippen molar-refractivity contribution in [2.45, 2.75) is 18.2 Å². The Morgan fingerprint density at radius 3 is 2.08 bits per heavy atom. The zero-order valence-electron chi connectivity index (χ0n) is 13.2. The van der Waals surface area contributed by atoms with Crippen LogP contribution in [0.15, 0.2) is 48.5 Å². The Morgan fingerprint density at radius 2 is 1.58 bits per heavy atom. The molecule has 0 bridgehead atoms. The molecular weight excluding hydrogens is 324 g/mol. The van der Waals surface area contributed by atoms with Gasteiger partial charge in [0, 0.05) is 10.8 Å².